The van der Waals surface area contributed by atoms with Crippen LogP contribution >= 0.6 is 0 Å². The summed E-state index contributed by atoms with van der Waals surface area (Å²) in [7, 11) is 0. The summed E-state index contributed by atoms with van der Waals surface area (Å²) in [4.78, 5) is 26.6. The average molecular weight is 710 g/mol. The summed E-state index contributed by atoms with van der Waals surface area (Å²) in [6, 6.07) is 0. The second-order valence-electron chi connectivity index (χ2n) is 13.5. The van der Waals surface area contributed by atoms with E-state index in [4.69, 9.17) is 18.9 Å². The summed E-state index contributed by atoms with van der Waals surface area (Å²) in [6.45, 7) is 11.7. The van der Waals surface area contributed by atoms with Crippen LogP contribution in [0.4, 0.5) is 0 Å². The number of carbonyl (C=O) groups is 2. The van der Waals surface area contributed by atoms with Gasteiger partial charge in [0.15, 0.2) is 6.29 Å². The van der Waals surface area contributed by atoms with Crippen LogP contribution in [0.25, 0.3) is 0 Å². The highest BCUT2D eigenvalue weighted by Gasteiger charge is 2.13. The minimum Gasteiger partial charge on any atom is -0.466 e. The third-order valence-corrected chi connectivity index (χ3v) is 8.69. The Morgan fingerprint density at radius 3 is 1.56 bits per heavy atom. The van der Waals surface area contributed by atoms with E-state index in [0.29, 0.717) is 52.2 Å². The zero-order valence-corrected chi connectivity index (χ0v) is 32.9. The molecule has 8 heteroatoms. The van der Waals surface area contributed by atoms with Crippen molar-refractivity contribution in [2.24, 2.45) is 0 Å². The first-order valence-electron chi connectivity index (χ1n) is 20.7. The lowest BCUT2D eigenvalue weighted by Gasteiger charge is -2.21. The van der Waals surface area contributed by atoms with Crippen LogP contribution in [0.15, 0.2) is 24.3 Å². The van der Waals surface area contributed by atoms with Gasteiger partial charge >= 0.3 is 11.9 Å². The predicted molar refractivity (Wildman–Crippen MR) is 207 cm³/mol. The molecule has 0 bridgehead atoms. The predicted octanol–water partition coefficient (Wildman–Crippen LogP) is 10.3. The second kappa shape index (κ2) is 40.0. The Balaban J connectivity index is 4.03. The fourth-order valence-electron chi connectivity index (χ4n) is 5.63. The molecule has 0 saturated carbocycles. The molecule has 0 heterocycles. The lowest BCUT2D eigenvalue weighted by molar-refractivity contribution is -0.159. The Kier molecular flexibility index (Phi) is 38.6. The molecule has 294 valence electrons. The smallest absolute Gasteiger partial charge is 0.305 e. The van der Waals surface area contributed by atoms with E-state index in [1.54, 1.807) is 0 Å². The Labute approximate surface area is 308 Å². The number of hydrogen-bond acceptors (Lipinski definition) is 8. The number of nitrogens with zero attached hydrogens (tertiary/aromatic N) is 1. The lowest BCUT2D eigenvalue weighted by atomic mass is 10.1. The Morgan fingerprint density at radius 1 is 0.540 bits per heavy atom. The summed E-state index contributed by atoms with van der Waals surface area (Å²) < 4.78 is 22.9. The van der Waals surface area contributed by atoms with Gasteiger partial charge in [-0.1, -0.05) is 96.4 Å². The monoisotopic (exact) mass is 710 g/mol. The molecule has 0 radical (unpaired) electrons. The number of hydrogen-bond donors (Lipinski definition) is 1. The van der Waals surface area contributed by atoms with E-state index in [1.165, 1.54) is 12.8 Å². The SMILES string of the molecule is CC/C=C\CCCCOC(CCC(=O)OCCCCCCN(CCO)CCCCCCCC(=O)OCCCCCC)OCCCC/C=C\CC. The highest BCUT2D eigenvalue weighted by molar-refractivity contribution is 5.69. The fourth-order valence-corrected chi connectivity index (χ4v) is 5.63. The molecule has 0 rings (SSSR count). The molecule has 1 N–H and O–H groups in total. The standard InChI is InChI=1S/C42H79NO7/c1-4-7-10-13-19-27-38-49-42(50-39-28-20-14-11-8-5-2)31-30-41(46)48-37-26-21-18-24-33-43(34-35-44)32-23-17-15-16-22-29-40(45)47-36-25-12-9-6-3/h7-8,10-11,42,44H,4-6,9,12-39H2,1-3H3/b10-7-,11-8-. The van der Waals surface area contributed by atoms with Crippen molar-refractivity contribution >= 4 is 11.9 Å². The quantitative estimate of drug-likeness (QED) is 0.0292. The van der Waals surface area contributed by atoms with Crippen molar-refractivity contribution in [3.8, 4) is 0 Å². The summed E-state index contributed by atoms with van der Waals surface area (Å²) >= 11 is 0. The average Bonchev–Trinajstić information content (AvgIpc) is 3.11. The molecule has 0 fully saturated rings. The number of aliphatic hydroxyl groups excluding tert-OH is 1. The van der Waals surface area contributed by atoms with Crippen molar-refractivity contribution in [3.05, 3.63) is 24.3 Å². The van der Waals surface area contributed by atoms with Crippen LogP contribution in [0.1, 0.15) is 175 Å². The van der Waals surface area contributed by atoms with Gasteiger partial charge in [0.05, 0.1) is 26.2 Å². The van der Waals surface area contributed by atoms with Gasteiger partial charge < -0.3 is 29.0 Å². The number of unbranched alkanes of at least 4 members (excludes halogenated alkanes) is 14. The third-order valence-electron chi connectivity index (χ3n) is 8.69. The lowest BCUT2D eigenvalue weighted by Crippen LogP contribution is -2.29. The van der Waals surface area contributed by atoms with Gasteiger partial charge in [-0.3, -0.25) is 9.59 Å². The number of allylic oxidation sites excluding steroid dienone is 4. The van der Waals surface area contributed by atoms with Gasteiger partial charge in [0.2, 0.25) is 0 Å². The maximum atomic E-state index is 12.4. The molecule has 0 atom stereocenters. The molecule has 50 heavy (non-hydrogen) atoms. The van der Waals surface area contributed by atoms with Crippen molar-refractivity contribution < 1.29 is 33.6 Å². The van der Waals surface area contributed by atoms with Gasteiger partial charge in [0.1, 0.15) is 0 Å². The Hall–Kier alpha value is -1.74. The van der Waals surface area contributed by atoms with Crippen LogP contribution in [0, 0.1) is 0 Å². The van der Waals surface area contributed by atoms with Crippen molar-refractivity contribution in [2.75, 3.05) is 52.7 Å². The normalized spacial score (nSPS) is 11.9. The fraction of sp³-hybridized carbons (Fsp3) is 0.857. The molecule has 0 unspecified atom stereocenters. The van der Waals surface area contributed by atoms with Gasteiger partial charge in [0, 0.05) is 32.6 Å². The van der Waals surface area contributed by atoms with E-state index in [-0.39, 0.29) is 24.8 Å². The highest BCUT2D eigenvalue weighted by Crippen LogP contribution is 2.12. The van der Waals surface area contributed by atoms with Crippen LogP contribution < -0.4 is 0 Å². The molecule has 0 saturated heterocycles. The minimum absolute atomic E-state index is 0.0530. The second-order valence-corrected chi connectivity index (χ2v) is 13.5. The van der Waals surface area contributed by atoms with Gasteiger partial charge in [-0.05, 0) is 96.6 Å². The van der Waals surface area contributed by atoms with E-state index in [9.17, 15) is 14.7 Å². The molecular formula is C42H79NO7. The van der Waals surface area contributed by atoms with Crippen LogP contribution in [0.5, 0.6) is 0 Å². The van der Waals surface area contributed by atoms with Gasteiger partial charge in [-0.15, -0.1) is 0 Å². The zero-order chi connectivity index (χ0) is 36.6. The van der Waals surface area contributed by atoms with Crippen molar-refractivity contribution in [1.82, 2.24) is 4.90 Å². The van der Waals surface area contributed by atoms with E-state index in [0.717, 1.165) is 135 Å². The zero-order valence-electron chi connectivity index (χ0n) is 32.9. The topological polar surface area (TPSA) is 94.5 Å². The number of esters is 2. The summed E-state index contributed by atoms with van der Waals surface area (Å²) in [6.07, 6.45) is 32.2. The molecule has 0 aromatic carbocycles. The van der Waals surface area contributed by atoms with Crippen LogP contribution in [-0.4, -0.2) is 80.9 Å². The molecule has 0 aliphatic heterocycles. The summed E-state index contributed by atoms with van der Waals surface area (Å²) in [5.74, 6) is -0.230. The van der Waals surface area contributed by atoms with Crippen LogP contribution in [-0.2, 0) is 28.5 Å². The first-order chi connectivity index (χ1) is 24.6. The minimum atomic E-state index is -0.359. The van der Waals surface area contributed by atoms with Crippen molar-refractivity contribution in [2.45, 2.75) is 181 Å². The molecule has 0 spiro atoms. The molecule has 0 amide bonds. The van der Waals surface area contributed by atoms with Gasteiger partial charge in [0.25, 0.3) is 0 Å². The molecule has 8 nitrogen and oxygen atoms in total. The molecule has 0 aliphatic carbocycles. The molecule has 0 aromatic rings. The third kappa shape index (κ3) is 36.1. The van der Waals surface area contributed by atoms with Crippen molar-refractivity contribution in [3.63, 3.8) is 0 Å². The Bertz CT molecular complexity index is 764. The number of carbonyl (C=O) groups excluding carboxylic acids is 2. The number of aliphatic hydroxyl groups is 1. The first-order valence-corrected chi connectivity index (χ1v) is 20.7. The molecule has 0 aliphatic rings. The van der Waals surface area contributed by atoms with E-state index >= 15 is 0 Å². The highest BCUT2D eigenvalue weighted by atomic mass is 16.7. The van der Waals surface area contributed by atoms with E-state index < -0.39 is 0 Å². The van der Waals surface area contributed by atoms with E-state index in [1.807, 2.05) is 0 Å². The number of ether oxygens (including phenoxy) is 4. The van der Waals surface area contributed by atoms with Gasteiger partial charge in [-0.25, -0.2) is 0 Å². The van der Waals surface area contributed by atoms with Crippen LogP contribution in [0.3, 0.4) is 0 Å². The molecule has 0 aromatic heterocycles. The summed E-state index contributed by atoms with van der Waals surface area (Å²) in [5, 5.41) is 9.49. The maximum Gasteiger partial charge on any atom is 0.305 e. The van der Waals surface area contributed by atoms with E-state index in [2.05, 4.69) is 50.0 Å². The van der Waals surface area contributed by atoms with Crippen molar-refractivity contribution in [1.29, 1.82) is 0 Å². The largest absolute Gasteiger partial charge is 0.466 e. The Morgan fingerprint density at radius 2 is 1.02 bits per heavy atom. The summed E-state index contributed by atoms with van der Waals surface area (Å²) in [5.41, 5.74) is 0. The number of rotatable bonds is 39. The van der Waals surface area contributed by atoms with Gasteiger partial charge in [-0.2, -0.15) is 0 Å². The first kappa shape index (κ1) is 48.3. The molecular weight excluding hydrogens is 630 g/mol. The van der Waals surface area contributed by atoms with Crippen LogP contribution in [0.2, 0.25) is 0 Å². The maximum absolute atomic E-state index is 12.4.